The largest absolute Gasteiger partial charge is 0.497 e. The normalized spacial score (nSPS) is 16.2. The predicted octanol–water partition coefficient (Wildman–Crippen LogP) is 2.00. The van der Waals surface area contributed by atoms with Crippen LogP contribution in [0.25, 0.3) is 0 Å². The number of amides is 3. The van der Waals surface area contributed by atoms with Crippen LogP contribution in [0.4, 0.5) is 5.69 Å². The van der Waals surface area contributed by atoms with Gasteiger partial charge in [0.1, 0.15) is 11.8 Å². The molecule has 1 aliphatic rings. The maximum absolute atomic E-state index is 13.0. The quantitative estimate of drug-likeness (QED) is 0.555. The zero-order valence-corrected chi connectivity index (χ0v) is 16.2. The lowest BCUT2D eigenvalue weighted by molar-refractivity contribution is -0.135. The molecule has 1 aliphatic heterocycles. The van der Waals surface area contributed by atoms with Crippen molar-refractivity contribution in [2.45, 2.75) is 19.0 Å². The zero-order chi connectivity index (χ0) is 21.7. The number of rotatable bonds is 7. The fourth-order valence-corrected chi connectivity index (χ4v) is 3.22. The Morgan fingerprint density at radius 3 is 2.37 bits per heavy atom. The van der Waals surface area contributed by atoms with Crippen molar-refractivity contribution in [3.63, 3.8) is 0 Å². The van der Waals surface area contributed by atoms with Gasteiger partial charge in [-0.25, -0.2) is 9.69 Å². The number of carbonyl (C=O) groups is 4. The highest BCUT2D eigenvalue weighted by molar-refractivity contribution is 6.23. The molecule has 0 spiro atoms. The number of benzene rings is 2. The Balaban J connectivity index is 1.90. The summed E-state index contributed by atoms with van der Waals surface area (Å²) in [6.07, 6.45) is 1.41. The molecule has 1 fully saturated rings. The molecule has 0 bridgehead atoms. The number of ether oxygens (including phenoxy) is 1. The molecule has 0 aromatic heterocycles. The Hall–Kier alpha value is -3.94. The molecule has 3 rings (SSSR count). The van der Waals surface area contributed by atoms with Gasteiger partial charge in [0.05, 0.1) is 19.2 Å². The Bertz CT molecular complexity index is 984. The van der Waals surface area contributed by atoms with Crippen LogP contribution >= 0.6 is 0 Å². The van der Waals surface area contributed by atoms with E-state index in [0.29, 0.717) is 23.1 Å². The second-order valence-corrected chi connectivity index (χ2v) is 6.61. The van der Waals surface area contributed by atoms with E-state index in [9.17, 15) is 19.2 Å². The molecule has 2 aromatic rings. The smallest absolute Gasteiger partial charge is 0.328 e. The monoisotopic (exact) mass is 408 g/mol. The van der Waals surface area contributed by atoms with Gasteiger partial charge in [0.2, 0.25) is 11.8 Å². The summed E-state index contributed by atoms with van der Waals surface area (Å²) < 4.78 is 5.12. The molecule has 0 radical (unpaired) electrons. The van der Waals surface area contributed by atoms with Crippen LogP contribution in [-0.2, 0) is 25.7 Å². The van der Waals surface area contributed by atoms with Crippen molar-refractivity contribution in [2.75, 3.05) is 12.0 Å². The average molecular weight is 408 g/mol. The molecule has 1 heterocycles. The van der Waals surface area contributed by atoms with Gasteiger partial charge in [-0.05, 0) is 29.8 Å². The van der Waals surface area contributed by atoms with Gasteiger partial charge < -0.3 is 14.7 Å². The number of methoxy groups -OCH3 is 1. The number of anilines is 1. The summed E-state index contributed by atoms with van der Waals surface area (Å²) in [5.74, 6) is -2.28. The Labute approximate surface area is 173 Å². The van der Waals surface area contributed by atoms with E-state index in [1.807, 2.05) is 0 Å². The van der Waals surface area contributed by atoms with Crippen LogP contribution in [0.15, 0.2) is 66.7 Å². The third-order valence-corrected chi connectivity index (χ3v) is 4.68. The molecule has 8 nitrogen and oxygen atoms in total. The maximum Gasteiger partial charge on any atom is 0.328 e. The van der Waals surface area contributed by atoms with Crippen molar-refractivity contribution in [1.29, 1.82) is 0 Å². The van der Waals surface area contributed by atoms with Crippen LogP contribution in [-0.4, -0.2) is 46.8 Å². The lowest BCUT2D eigenvalue weighted by atomic mass is 10.1. The minimum Gasteiger partial charge on any atom is -0.497 e. The summed E-state index contributed by atoms with van der Waals surface area (Å²) in [6, 6.07) is 14.3. The fourth-order valence-electron chi connectivity index (χ4n) is 3.22. The first-order valence-corrected chi connectivity index (χ1v) is 9.17. The number of carboxylic acid groups (broad SMARTS) is 1. The van der Waals surface area contributed by atoms with E-state index in [2.05, 4.69) is 0 Å². The van der Waals surface area contributed by atoms with E-state index in [1.165, 1.54) is 12.0 Å². The first kappa shape index (κ1) is 20.8. The topological polar surface area (TPSA) is 104 Å². The molecule has 0 aliphatic carbocycles. The lowest BCUT2D eigenvalue weighted by Gasteiger charge is -2.26. The SMILES string of the molecule is COc1ccc(CN(C(=O)/C=C/C(=O)O)[C@@H]2CC(=O)N(c3ccccc3)C2=O)cc1. The van der Waals surface area contributed by atoms with Gasteiger partial charge in [0.25, 0.3) is 5.91 Å². The minimum atomic E-state index is -1.28. The van der Waals surface area contributed by atoms with Crippen molar-refractivity contribution < 1.29 is 29.0 Å². The van der Waals surface area contributed by atoms with Crippen LogP contribution < -0.4 is 9.64 Å². The van der Waals surface area contributed by atoms with E-state index in [0.717, 1.165) is 11.0 Å². The molecular formula is C22H20N2O6. The van der Waals surface area contributed by atoms with Gasteiger partial charge in [-0.1, -0.05) is 30.3 Å². The summed E-state index contributed by atoms with van der Waals surface area (Å²) in [5, 5.41) is 8.84. The van der Waals surface area contributed by atoms with Crippen molar-refractivity contribution in [3.05, 3.63) is 72.3 Å². The Morgan fingerprint density at radius 2 is 1.77 bits per heavy atom. The highest BCUT2D eigenvalue weighted by Gasteiger charge is 2.44. The second kappa shape index (κ2) is 9.04. The van der Waals surface area contributed by atoms with Crippen LogP contribution in [0, 0.1) is 0 Å². The molecule has 154 valence electrons. The molecule has 0 saturated carbocycles. The lowest BCUT2D eigenvalue weighted by Crippen LogP contribution is -2.44. The van der Waals surface area contributed by atoms with E-state index in [-0.39, 0.29) is 13.0 Å². The summed E-state index contributed by atoms with van der Waals surface area (Å²) in [7, 11) is 1.53. The number of hydrogen-bond acceptors (Lipinski definition) is 5. The van der Waals surface area contributed by atoms with E-state index in [4.69, 9.17) is 9.84 Å². The molecule has 3 amide bonds. The van der Waals surface area contributed by atoms with E-state index in [1.54, 1.807) is 54.6 Å². The van der Waals surface area contributed by atoms with Crippen LogP contribution in [0.2, 0.25) is 0 Å². The first-order valence-electron chi connectivity index (χ1n) is 9.17. The molecule has 1 N–H and O–H groups in total. The number of para-hydroxylation sites is 1. The third-order valence-electron chi connectivity index (χ3n) is 4.68. The van der Waals surface area contributed by atoms with Crippen molar-refractivity contribution in [1.82, 2.24) is 4.90 Å². The molecule has 0 unspecified atom stereocenters. The summed E-state index contributed by atoms with van der Waals surface area (Å²) >= 11 is 0. The molecule has 2 aromatic carbocycles. The van der Waals surface area contributed by atoms with Gasteiger partial charge in [0.15, 0.2) is 0 Å². The molecule has 8 heteroatoms. The van der Waals surface area contributed by atoms with Gasteiger partial charge in [-0.2, -0.15) is 0 Å². The summed E-state index contributed by atoms with van der Waals surface area (Å²) in [6.45, 7) is 0.0269. The molecular weight excluding hydrogens is 388 g/mol. The highest BCUT2D eigenvalue weighted by Crippen LogP contribution is 2.27. The first-order chi connectivity index (χ1) is 14.4. The van der Waals surface area contributed by atoms with Gasteiger partial charge in [-0.3, -0.25) is 14.4 Å². The predicted molar refractivity (Wildman–Crippen MR) is 108 cm³/mol. The number of imide groups is 1. The van der Waals surface area contributed by atoms with Crippen LogP contribution in [0.3, 0.4) is 0 Å². The standard InChI is InChI=1S/C22H20N2O6/c1-30-17-9-7-15(8-10-17)14-23(19(25)11-12-21(27)28)18-13-20(26)24(22(18)29)16-5-3-2-4-6-16/h2-12,18H,13-14H2,1H3,(H,27,28)/b12-11+/t18-/m1/s1. The van der Waals surface area contributed by atoms with E-state index >= 15 is 0 Å². The number of nitrogens with zero attached hydrogens (tertiary/aromatic N) is 2. The summed E-state index contributed by atoms with van der Waals surface area (Å²) in [5.41, 5.74) is 1.12. The average Bonchev–Trinajstić information content (AvgIpc) is 3.05. The Kier molecular flexibility index (Phi) is 6.26. The van der Waals surface area contributed by atoms with Crippen molar-refractivity contribution >= 4 is 29.4 Å². The molecule has 1 atom stereocenters. The zero-order valence-electron chi connectivity index (χ0n) is 16.2. The maximum atomic E-state index is 13.0. The second-order valence-electron chi connectivity index (χ2n) is 6.61. The minimum absolute atomic E-state index is 0.0269. The van der Waals surface area contributed by atoms with Crippen molar-refractivity contribution in [3.8, 4) is 5.75 Å². The summed E-state index contributed by atoms with van der Waals surface area (Å²) in [4.78, 5) is 51.4. The van der Waals surface area contributed by atoms with Gasteiger partial charge in [-0.15, -0.1) is 0 Å². The Morgan fingerprint density at radius 1 is 1.10 bits per heavy atom. The fraction of sp³-hybridized carbons (Fsp3) is 0.182. The highest BCUT2D eigenvalue weighted by atomic mass is 16.5. The van der Waals surface area contributed by atoms with Gasteiger partial charge in [0, 0.05) is 18.7 Å². The molecule has 1 saturated heterocycles. The van der Waals surface area contributed by atoms with Crippen molar-refractivity contribution in [2.24, 2.45) is 0 Å². The van der Waals surface area contributed by atoms with E-state index < -0.39 is 29.7 Å². The van der Waals surface area contributed by atoms with Crippen LogP contribution in [0.1, 0.15) is 12.0 Å². The third kappa shape index (κ3) is 4.54. The number of hydrogen-bond donors (Lipinski definition) is 1. The van der Waals surface area contributed by atoms with Gasteiger partial charge >= 0.3 is 5.97 Å². The number of carbonyl (C=O) groups excluding carboxylic acids is 3. The number of aliphatic carboxylic acids is 1. The van der Waals surface area contributed by atoms with Crippen LogP contribution in [0.5, 0.6) is 5.75 Å². The molecule has 30 heavy (non-hydrogen) atoms. The number of carboxylic acids is 1.